The van der Waals surface area contributed by atoms with Gasteiger partial charge in [-0.05, 0) is 57.2 Å². The summed E-state index contributed by atoms with van der Waals surface area (Å²) >= 11 is 6.04. The van der Waals surface area contributed by atoms with Crippen molar-refractivity contribution >= 4 is 43.1 Å². The smallest absolute Gasteiger partial charge is 0.408 e. The Bertz CT molecular complexity index is 1210. The SMILES string of the molecule is CCNC(=O)NCCN(C)C(=O)CC[C@H](NC(=O)[C@H](CC1CCCCC1)NC(=O)OCc1cccc(Cl)c1)C(O)P(=O)(OCC)OCC. The van der Waals surface area contributed by atoms with Crippen LogP contribution in [0.1, 0.15) is 77.7 Å². The van der Waals surface area contributed by atoms with E-state index in [0.29, 0.717) is 23.6 Å². The van der Waals surface area contributed by atoms with Crippen LogP contribution in [0.15, 0.2) is 24.3 Å². The number of ether oxygens (including phenoxy) is 1. The molecule has 16 heteroatoms. The van der Waals surface area contributed by atoms with Crippen molar-refractivity contribution < 1.29 is 42.6 Å². The lowest BCUT2D eigenvalue weighted by Crippen LogP contribution is -2.53. The van der Waals surface area contributed by atoms with Gasteiger partial charge in [0.1, 0.15) is 12.6 Å². The molecule has 272 valence electrons. The number of hydrogen-bond acceptors (Lipinski definition) is 9. The summed E-state index contributed by atoms with van der Waals surface area (Å²) < 4.78 is 29.7. The molecule has 1 fully saturated rings. The maximum Gasteiger partial charge on any atom is 0.408 e. The molecule has 48 heavy (non-hydrogen) atoms. The molecule has 0 saturated heterocycles. The van der Waals surface area contributed by atoms with Crippen LogP contribution in [-0.2, 0) is 34.5 Å². The first kappa shape index (κ1) is 41.3. The van der Waals surface area contributed by atoms with E-state index in [9.17, 15) is 28.8 Å². The van der Waals surface area contributed by atoms with Gasteiger partial charge in [-0.1, -0.05) is 55.8 Å². The number of hydrogen-bond donors (Lipinski definition) is 5. The fourth-order valence-corrected chi connectivity index (χ4v) is 7.43. The highest BCUT2D eigenvalue weighted by molar-refractivity contribution is 7.54. The first-order valence-corrected chi connectivity index (χ1v) is 18.7. The fraction of sp³-hybridized carbons (Fsp3) is 0.688. The summed E-state index contributed by atoms with van der Waals surface area (Å²) in [5.41, 5.74) is 0.673. The first-order chi connectivity index (χ1) is 22.9. The van der Waals surface area contributed by atoms with Crippen LogP contribution < -0.4 is 21.3 Å². The Kier molecular flexibility index (Phi) is 18.9. The molecule has 0 aromatic heterocycles. The van der Waals surface area contributed by atoms with E-state index in [1.165, 1.54) is 4.90 Å². The van der Waals surface area contributed by atoms with Gasteiger partial charge < -0.3 is 45.1 Å². The number of alkyl carbamates (subject to hydrolysis) is 1. The minimum absolute atomic E-state index is 0.0282. The summed E-state index contributed by atoms with van der Waals surface area (Å²) in [4.78, 5) is 52.8. The quantitative estimate of drug-likeness (QED) is 0.121. The van der Waals surface area contributed by atoms with Crippen molar-refractivity contribution in [2.24, 2.45) is 5.92 Å². The molecule has 3 atom stereocenters. The minimum Gasteiger partial charge on any atom is -0.445 e. The van der Waals surface area contributed by atoms with Crippen molar-refractivity contribution in [2.75, 3.05) is 39.9 Å². The second-order valence-electron chi connectivity index (χ2n) is 11.7. The Balaban J connectivity index is 2.20. The topological polar surface area (TPSA) is 185 Å². The molecule has 0 radical (unpaired) electrons. The summed E-state index contributed by atoms with van der Waals surface area (Å²) in [6.07, 6.45) is 4.19. The number of halogens is 1. The summed E-state index contributed by atoms with van der Waals surface area (Å²) in [5.74, 6) is -2.59. The van der Waals surface area contributed by atoms with Crippen LogP contribution in [0.4, 0.5) is 9.59 Å². The predicted molar refractivity (Wildman–Crippen MR) is 182 cm³/mol. The molecule has 0 bridgehead atoms. The number of benzene rings is 1. The van der Waals surface area contributed by atoms with E-state index in [1.54, 1.807) is 52.1 Å². The number of rotatable bonds is 20. The van der Waals surface area contributed by atoms with Gasteiger partial charge in [0, 0.05) is 38.1 Å². The molecule has 1 saturated carbocycles. The van der Waals surface area contributed by atoms with Gasteiger partial charge in [0.15, 0.2) is 5.85 Å². The minimum atomic E-state index is -4.14. The van der Waals surface area contributed by atoms with Crippen LogP contribution in [0.2, 0.25) is 5.02 Å². The van der Waals surface area contributed by atoms with Gasteiger partial charge in [0.2, 0.25) is 11.8 Å². The number of urea groups is 1. The molecule has 0 spiro atoms. The molecular formula is C32H53ClN5O9P. The van der Waals surface area contributed by atoms with E-state index in [-0.39, 0.29) is 63.6 Å². The van der Waals surface area contributed by atoms with Crippen molar-refractivity contribution in [1.29, 1.82) is 0 Å². The average molecular weight is 718 g/mol. The molecule has 5 amide bonds. The number of amides is 5. The van der Waals surface area contributed by atoms with E-state index in [2.05, 4.69) is 21.3 Å². The molecule has 14 nitrogen and oxygen atoms in total. The van der Waals surface area contributed by atoms with E-state index >= 15 is 0 Å². The van der Waals surface area contributed by atoms with Crippen molar-refractivity contribution in [3.05, 3.63) is 34.9 Å². The summed E-state index contributed by atoms with van der Waals surface area (Å²) in [6, 6.07) is 4.24. The van der Waals surface area contributed by atoms with Crippen LogP contribution in [0.25, 0.3) is 0 Å². The lowest BCUT2D eigenvalue weighted by Gasteiger charge is -2.32. The average Bonchev–Trinajstić information content (AvgIpc) is 3.05. The molecule has 1 aromatic carbocycles. The zero-order chi connectivity index (χ0) is 35.5. The lowest BCUT2D eigenvalue weighted by atomic mass is 9.84. The zero-order valence-electron chi connectivity index (χ0n) is 28.5. The van der Waals surface area contributed by atoms with Crippen molar-refractivity contribution in [3.63, 3.8) is 0 Å². The van der Waals surface area contributed by atoms with Crippen molar-refractivity contribution in [3.8, 4) is 0 Å². The van der Waals surface area contributed by atoms with E-state index in [4.69, 9.17) is 25.4 Å². The number of carbonyl (C=O) groups excluding carboxylic acids is 4. The molecule has 1 aliphatic rings. The zero-order valence-corrected chi connectivity index (χ0v) is 30.2. The lowest BCUT2D eigenvalue weighted by molar-refractivity contribution is -0.131. The Morgan fingerprint density at radius 2 is 1.73 bits per heavy atom. The van der Waals surface area contributed by atoms with Gasteiger partial charge in [-0.2, -0.15) is 0 Å². The van der Waals surface area contributed by atoms with Crippen LogP contribution in [0.5, 0.6) is 0 Å². The number of nitrogens with zero attached hydrogens (tertiary/aromatic N) is 1. The van der Waals surface area contributed by atoms with E-state index < -0.39 is 37.5 Å². The Morgan fingerprint density at radius 3 is 2.35 bits per heavy atom. The highest BCUT2D eigenvalue weighted by Gasteiger charge is 2.42. The molecule has 0 aliphatic heterocycles. The van der Waals surface area contributed by atoms with Crippen LogP contribution in [0, 0.1) is 5.92 Å². The maximum atomic E-state index is 13.8. The van der Waals surface area contributed by atoms with Crippen molar-refractivity contribution in [2.45, 2.75) is 96.7 Å². The van der Waals surface area contributed by atoms with Gasteiger partial charge in [-0.15, -0.1) is 0 Å². The number of aliphatic hydroxyl groups is 1. The Labute approximate surface area is 288 Å². The number of nitrogens with one attached hydrogen (secondary N) is 4. The van der Waals surface area contributed by atoms with Gasteiger partial charge >= 0.3 is 19.7 Å². The predicted octanol–water partition coefficient (Wildman–Crippen LogP) is 4.53. The maximum absolute atomic E-state index is 13.8. The third-order valence-corrected chi connectivity index (χ3v) is 10.4. The van der Waals surface area contributed by atoms with Gasteiger partial charge in [0.25, 0.3) is 0 Å². The van der Waals surface area contributed by atoms with Crippen LogP contribution in [0.3, 0.4) is 0 Å². The Hall–Kier alpha value is -2.90. The summed E-state index contributed by atoms with van der Waals surface area (Å²) in [7, 11) is -2.58. The highest BCUT2D eigenvalue weighted by Crippen LogP contribution is 2.53. The summed E-state index contributed by atoms with van der Waals surface area (Å²) in [5, 5.41) is 22.5. The molecule has 1 aliphatic carbocycles. The van der Waals surface area contributed by atoms with Gasteiger partial charge in [-0.3, -0.25) is 14.2 Å². The normalized spacial score (nSPS) is 15.5. The molecule has 5 N–H and O–H groups in total. The van der Waals surface area contributed by atoms with Gasteiger partial charge in [-0.25, -0.2) is 9.59 Å². The second kappa shape index (κ2) is 21.9. The largest absolute Gasteiger partial charge is 0.445 e. The monoisotopic (exact) mass is 717 g/mol. The fourth-order valence-electron chi connectivity index (χ4n) is 5.45. The molecule has 1 unspecified atom stereocenters. The highest BCUT2D eigenvalue weighted by atomic mass is 35.5. The summed E-state index contributed by atoms with van der Waals surface area (Å²) in [6.45, 7) is 5.75. The molecule has 2 rings (SSSR count). The van der Waals surface area contributed by atoms with Crippen LogP contribution >= 0.6 is 19.2 Å². The first-order valence-electron chi connectivity index (χ1n) is 16.7. The molecular weight excluding hydrogens is 665 g/mol. The second-order valence-corrected chi connectivity index (χ2v) is 14.2. The number of carbonyl (C=O) groups is 4. The van der Waals surface area contributed by atoms with E-state index in [0.717, 1.165) is 32.1 Å². The van der Waals surface area contributed by atoms with E-state index in [1.807, 2.05) is 0 Å². The molecule has 1 aromatic rings. The standard InChI is InChI=1S/C32H53ClN5O9P/c1-5-34-31(42)35-18-19-38(4)28(39)17-16-26(30(41)48(44,46-6-2)47-7-3)36-29(40)27(21-23-12-9-8-10-13-23)37-32(43)45-22-24-14-11-15-25(33)20-24/h11,14-15,20,23,26-27,30,41H,5-10,12-13,16-19,21-22H2,1-4H3,(H,36,40)(H,37,43)(H2,34,35,42)/t26-,27-,30?/m0/s1. The number of aliphatic hydroxyl groups excluding tert-OH is 1. The Morgan fingerprint density at radius 1 is 1.04 bits per heavy atom. The third-order valence-electron chi connectivity index (χ3n) is 7.96. The molecule has 0 heterocycles. The number of likely N-dealkylation sites (N-methyl/N-ethyl adjacent to an activating group) is 1. The van der Waals surface area contributed by atoms with Crippen molar-refractivity contribution in [1.82, 2.24) is 26.2 Å². The third kappa shape index (κ3) is 14.7. The van der Waals surface area contributed by atoms with Crippen LogP contribution in [-0.4, -0.2) is 91.8 Å². The van der Waals surface area contributed by atoms with Gasteiger partial charge in [0.05, 0.1) is 19.3 Å².